The molecule has 0 bridgehead atoms. The number of nitrogens with zero attached hydrogens (tertiary/aromatic N) is 1. The number of rotatable bonds is 3. The molecule has 1 aromatic rings. The van der Waals surface area contributed by atoms with E-state index in [1.54, 1.807) is 6.92 Å². The lowest BCUT2D eigenvalue weighted by molar-refractivity contribution is -0.140. The average molecular weight is 354 g/mol. The summed E-state index contributed by atoms with van der Waals surface area (Å²) in [5, 5.41) is 0. The second kappa shape index (κ2) is 6.37. The van der Waals surface area contributed by atoms with Crippen LogP contribution in [0.3, 0.4) is 0 Å². The average Bonchev–Trinajstić information content (AvgIpc) is 2.46. The maximum absolute atomic E-state index is 13.3. The monoisotopic (exact) mass is 354 g/mol. The van der Waals surface area contributed by atoms with Crippen LogP contribution >= 0.6 is 0 Å². The Hall–Kier alpha value is -1.19. The van der Waals surface area contributed by atoms with Crippen LogP contribution in [0.4, 0.5) is 17.6 Å². The molecule has 0 spiro atoms. The number of piperidine rings is 1. The second-order valence-electron chi connectivity index (χ2n) is 5.76. The van der Waals surface area contributed by atoms with Gasteiger partial charge in [0.1, 0.15) is 5.82 Å². The molecule has 1 heterocycles. The van der Waals surface area contributed by atoms with Crippen LogP contribution in [0.2, 0.25) is 0 Å². The third kappa shape index (κ3) is 3.84. The molecule has 1 fully saturated rings. The van der Waals surface area contributed by atoms with Gasteiger partial charge in [0, 0.05) is 19.1 Å². The van der Waals surface area contributed by atoms with Gasteiger partial charge in [-0.1, -0.05) is 0 Å². The Morgan fingerprint density at radius 1 is 1.35 bits per heavy atom. The number of sulfonamides is 1. The van der Waals surface area contributed by atoms with Crippen LogP contribution < -0.4 is 5.73 Å². The van der Waals surface area contributed by atoms with Crippen LogP contribution in [0.5, 0.6) is 0 Å². The molecule has 0 amide bonds. The summed E-state index contributed by atoms with van der Waals surface area (Å²) in [7, 11) is -4.12. The normalized spacial score (nSPS) is 22.1. The number of hydrogen-bond donors (Lipinski definition) is 1. The van der Waals surface area contributed by atoms with Crippen molar-refractivity contribution in [3.05, 3.63) is 29.6 Å². The highest BCUT2D eigenvalue weighted by atomic mass is 32.2. The molecular formula is C14H18F4N2O2S. The summed E-state index contributed by atoms with van der Waals surface area (Å²) in [6.07, 6.45) is -3.61. The van der Waals surface area contributed by atoms with Crippen molar-refractivity contribution in [1.29, 1.82) is 0 Å². The molecule has 4 nitrogen and oxygen atoms in total. The molecule has 0 saturated carbocycles. The van der Waals surface area contributed by atoms with Gasteiger partial charge in [-0.15, -0.1) is 0 Å². The van der Waals surface area contributed by atoms with Gasteiger partial charge in [-0.05, 0) is 43.9 Å². The van der Waals surface area contributed by atoms with E-state index in [4.69, 9.17) is 5.73 Å². The van der Waals surface area contributed by atoms with Crippen molar-refractivity contribution in [3.63, 3.8) is 0 Å². The summed E-state index contributed by atoms with van der Waals surface area (Å²) in [5.41, 5.74) is 4.21. The SMILES string of the molecule is C[C@@H](N)[C@@H]1CCCN(S(=O)(=O)c2ccc(F)c(C(F)(F)F)c2)C1. The van der Waals surface area contributed by atoms with Crippen molar-refractivity contribution in [1.82, 2.24) is 4.31 Å². The molecule has 23 heavy (non-hydrogen) atoms. The predicted octanol–water partition coefficient (Wildman–Crippen LogP) is 2.59. The van der Waals surface area contributed by atoms with Gasteiger partial charge in [-0.2, -0.15) is 17.5 Å². The molecule has 1 aliphatic rings. The van der Waals surface area contributed by atoms with E-state index >= 15 is 0 Å². The zero-order chi connectivity index (χ0) is 17.4. The standard InChI is InChI=1S/C14H18F4N2O2S/c1-9(19)10-3-2-6-20(8-10)23(21,22)11-4-5-13(15)12(7-11)14(16,17)18/h4-5,7,9-10H,2-3,6,8,19H2,1H3/t9-,10-/m1/s1. The first-order chi connectivity index (χ1) is 10.5. The number of hydrogen-bond acceptors (Lipinski definition) is 3. The van der Waals surface area contributed by atoms with Crippen LogP contribution in [-0.4, -0.2) is 31.9 Å². The van der Waals surface area contributed by atoms with Crippen LogP contribution in [-0.2, 0) is 16.2 Å². The minimum atomic E-state index is -4.95. The maximum Gasteiger partial charge on any atom is 0.419 e. The summed E-state index contributed by atoms with van der Waals surface area (Å²) >= 11 is 0. The van der Waals surface area contributed by atoms with Crippen molar-refractivity contribution in [2.75, 3.05) is 13.1 Å². The van der Waals surface area contributed by atoms with Gasteiger partial charge in [-0.25, -0.2) is 12.8 Å². The minimum absolute atomic E-state index is 0.0546. The van der Waals surface area contributed by atoms with Gasteiger partial charge in [0.2, 0.25) is 10.0 Å². The van der Waals surface area contributed by atoms with Gasteiger partial charge in [0.25, 0.3) is 0 Å². The van der Waals surface area contributed by atoms with Crippen LogP contribution in [0.15, 0.2) is 23.1 Å². The highest BCUT2D eigenvalue weighted by Crippen LogP contribution is 2.34. The molecule has 2 atom stereocenters. The van der Waals surface area contributed by atoms with Crippen LogP contribution in [0.1, 0.15) is 25.3 Å². The molecule has 1 aromatic carbocycles. The fourth-order valence-electron chi connectivity index (χ4n) is 2.65. The zero-order valence-corrected chi connectivity index (χ0v) is 13.3. The molecule has 9 heteroatoms. The van der Waals surface area contributed by atoms with Crippen molar-refractivity contribution in [2.45, 2.75) is 36.9 Å². The molecule has 1 aliphatic heterocycles. The summed E-state index contributed by atoms with van der Waals surface area (Å²) in [6, 6.07) is 1.52. The number of alkyl halides is 3. The highest BCUT2D eigenvalue weighted by Gasteiger charge is 2.37. The topological polar surface area (TPSA) is 63.4 Å². The van der Waals surface area contributed by atoms with Gasteiger partial charge in [-0.3, -0.25) is 0 Å². The number of halogens is 4. The Bertz CT molecular complexity index is 674. The van der Waals surface area contributed by atoms with E-state index in [9.17, 15) is 26.0 Å². The van der Waals surface area contributed by atoms with Crippen molar-refractivity contribution < 1.29 is 26.0 Å². The third-order valence-corrected chi connectivity index (χ3v) is 5.91. The fraction of sp³-hybridized carbons (Fsp3) is 0.571. The first-order valence-corrected chi connectivity index (χ1v) is 8.60. The smallest absolute Gasteiger partial charge is 0.328 e. The van der Waals surface area contributed by atoms with E-state index in [1.807, 2.05) is 0 Å². The Balaban J connectivity index is 2.36. The summed E-state index contributed by atoms with van der Waals surface area (Å²) < 4.78 is 77.8. The molecule has 1 saturated heterocycles. The summed E-state index contributed by atoms with van der Waals surface area (Å²) in [5.74, 6) is -1.55. The van der Waals surface area contributed by atoms with E-state index < -0.39 is 32.5 Å². The molecule has 0 radical (unpaired) electrons. The molecular weight excluding hydrogens is 336 g/mol. The lowest BCUT2D eigenvalue weighted by atomic mass is 9.93. The van der Waals surface area contributed by atoms with Crippen molar-refractivity contribution in [3.8, 4) is 0 Å². The second-order valence-corrected chi connectivity index (χ2v) is 7.70. The molecule has 0 aliphatic carbocycles. The largest absolute Gasteiger partial charge is 0.419 e. The fourth-order valence-corrected chi connectivity index (χ4v) is 4.21. The first-order valence-electron chi connectivity index (χ1n) is 7.16. The molecule has 130 valence electrons. The van der Waals surface area contributed by atoms with Gasteiger partial charge < -0.3 is 5.73 Å². The van der Waals surface area contributed by atoms with E-state index in [-0.39, 0.29) is 25.0 Å². The Morgan fingerprint density at radius 3 is 2.57 bits per heavy atom. The van der Waals surface area contributed by atoms with E-state index in [2.05, 4.69) is 0 Å². The number of benzene rings is 1. The maximum atomic E-state index is 13.3. The third-order valence-electron chi connectivity index (χ3n) is 4.05. The Labute approximate surface area is 132 Å². The summed E-state index contributed by atoms with van der Waals surface area (Å²) in [6.45, 7) is 2.13. The Morgan fingerprint density at radius 2 is 2.00 bits per heavy atom. The van der Waals surface area contributed by atoms with E-state index in [0.29, 0.717) is 18.6 Å². The quantitative estimate of drug-likeness (QED) is 0.849. The van der Waals surface area contributed by atoms with E-state index in [1.165, 1.54) is 0 Å². The minimum Gasteiger partial charge on any atom is -0.328 e. The predicted molar refractivity (Wildman–Crippen MR) is 76.5 cm³/mol. The van der Waals surface area contributed by atoms with Gasteiger partial charge in [0.15, 0.2) is 0 Å². The zero-order valence-electron chi connectivity index (χ0n) is 12.5. The Kier molecular flexibility index (Phi) is 5.03. The number of nitrogens with two attached hydrogens (primary N) is 1. The lowest BCUT2D eigenvalue weighted by Gasteiger charge is -2.33. The lowest BCUT2D eigenvalue weighted by Crippen LogP contribution is -2.45. The van der Waals surface area contributed by atoms with Crippen LogP contribution in [0.25, 0.3) is 0 Å². The van der Waals surface area contributed by atoms with Crippen LogP contribution in [0, 0.1) is 11.7 Å². The highest BCUT2D eigenvalue weighted by molar-refractivity contribution is 7.89. The summed E-state index contributed by atoms with van der Waals surface area (Å²) in [4.78, 5) is -0.559. The van der Waals surface area contributed by atoms with E-state index in [0.717, 1.165) is 16.8 Å². The molecule has 2 rings (SSSR count). The molecule has 0 unspecified atom stereocenters. The van der Waals surface area contributed by atoms with Crippen molar-refractivity contribution in [2.24, 2.45) is 11.7 Å². The molecule has 2 N–H and O–H groups in total. The van der Waals surface area contributed by atoms with Crippen molar-refractivity contribution >= 4 is 10.0 Å². The van der Waals surface area contributed by atoms with Gasteiger partial charge >= 0.3 is 6.18 Å². The molecule has 0 aromatic heterocycles. The van der Waals surface area contributed by atoms with Gasteiger partial charge in [0.05, 0.1) is 10.5 Å². The first kappa shape index (κ1) is 18.2.